The van der Waals surface area contributed by atoms with Crippen molar-refractivity contribution >= 4 is 5.97 Å². The van der Waals surface area contributed by atoms with E-state index in [4.69, 9.17) is 14.9 Å². The Morgan fingerprint density at radius 2 is 2.47 bits per heavy atom. The number of carboxylic acid groups (broad SMARTS) is 1. The zero-order chi connectivity index (χ0) is 12.3. The number of rotatable bonds is 6. The quantitative estimate of drug-likeness (QED) is 0.798. The van der Waals surface area contributed by atoms with Crippen molar-refractivity contribution < 1.29 is 14.4 Å². The third-order valence-corrected chi connectivity index (χ3v) is 2.71. The number of carbonyl (C=O) groups is 1. The minimum atomic E-state index is -1.09. The van der Waals surface area contributed by atoms with Crippen LogP contribution in [0.4, 0.5) is 0 Å². The van der Waals surface area contributed by atoms with E-state index in [0.717, 1.165) is 12.8 Å². The van der Waals surface area contributed by atoms with Gasteiger partial charge in [-0.2, -0.15) is 5.26 Å². The van der Waals surface area contributed by atoms with Crippen molar-refractivity contribution in [3.05, 3.63) is 17.5 Å². The van der Waals surface area contributed by atoms with Crippen LogP contribution >= 0.6 is 0 Å². The van der Waals surface area contributed by atoms with Crippen LogP contribution in [-0.4, -0.2) is 33.7 Å². The van der Waals surface area contributed by atoms with Gasteiger partial charge in [-0.25, -0.2) is 4.79 Å². The van der Waals surface area contributed by atoms with Gasteiger partial charge in [-0.05, 0) is 12.8 Å². The van der Waals surface area contributed by atoms with Gasteiger partial charge in [-0.1, -0.05) is 5.16 Å². The first-order valence-corrected chi connectivity index (χ1v) is 5.50. The third-order valence-electron chi connectivity index (χ3n) is 2.71. The molecule has 1 aliphatic carbocycles. The van der Waals surface area contributed by atoms with Crippen LogP contribution in [0.2, 0.25) is 0 Å². The van der Waals surface area contributed by atoms with Crippen molar-refractivity contribution in [3.8, 4) is 6.07 Å². The first-order valence-electron chi connectivity index (χ1n) is 5.50. The summed E-state index contributed by atoms with van der Waals surface area (Å²) >= 11 is 0. The van der Waals surface area contributed by atoms with Gasteiger partial charge in [0.05, 0.1) is 12.6 Å². The molecule has 1 fully saturated rings. The number of hydrogen-bond acceptors (Lipinski definition) is 5. The van der Waals surface area contributed by atoms with Crippen LogP contribution < -0.4 is 0 Å². The lowest BCUT2D eigenvalue weighted by Crippen LogP contribution is -2.26. The molecule has 0 spiro atoms. The lowest BCUT2D eigenvalue weighted by atomic mass is 10.3. The van der Waals surface area contributed by atoms with Gasteiger partial charge in [0.25, 0.3) is 0 Å². The van der Waals surface area contributed by atoms with Gasteiger partial charge in [0.1, 0.15) is 0 Å². The second-order valence-electron chi connectivity index (χ2n) is 4.09. The standard InChI is InChI=1S/C11H13N3O3/c12-4-1-5-14(8-2-3-8)7-9-6-10(11(15)16)13-17-9/h6,8H,1-3,5,7H2,(H,15,16). The average molecular weight is 235 g/mol. The number of carboxylic acids is 1. The van der Waals surface area contributed by atoms with E-state index in [9.17, 15) is 4.79 Å². The molecule has 0 aliphatic heterocycles. The Balaban J connectivity index is 1.96. The molecule has 0 amide bonds. The van der Waals surface area contributed by atoms with Gasteiger partial charge in [0.15, 0.2) is 11.5 Å². The first-order chi connectivity index (χ1) is 8.20. The molecule has 1 N–H and O–H groups in total. The zero-order valence-corrected chi connectivity index (χ0v) is 9.30. The summed E-state index contributed by atoms with van der Waals surface area (Å²) < 4.78 is 4.96. The molecule has 1 aliphatic rings. The molecule has 2 rings (SSSR count). The predicted molar refractivity (Wildman–Crippen MR) is 57.1 cm³/mol. The van der Waals surface area contributed by atoms with Crippen LogP contribution in [0.1, 0.15) is 35.5 Å². The first kappa shape index (κ1) is 11.6. The highest BCUT2D eigenvalue weighted by atomic mass is 16.5. The molecule has 0 saturated heterocycles. The fourth-order valence-electron chi connectivity index (χ4n) is 1.71. The molecule has 1 aromatic heterocycles. The molecule has 1 saturated carbocycles. The SMILES string of the molecule is N#CCCN(Cc1cc(C(=O)O)no1)C1CC1. The number of aromatic carboxylic acids is 1. The van der Waals surface area contributed by atoms with Gasteiger partial charge in [0, 0.05) is 25.1 Å². The Labute approximate surface area is 98.4 Å². The highest BCUT2D eigenvalue weighted by Gasteiger charge is 2.29. The van der Waals surface area contributed by atoms with Gasteiger partial charge in [0.2, 0.25) is 0 Å². The summed E-state index contributed by atoms with van der Waals surface area (Å²) in [5, 5.41) is 20.7. The maximum atomic E-state index is 10.6. The highest BCUT2D eigenvalue weighted by molar-refractivity contribution is 5.85. The summed E-state index contributed by atoms with van der Waals surface area (Å²) in [5.41, 5.74) is -0.0731. The van der Waals surface area contributed by atoms with Crippen molar-refractivity contribution in [2.45, 2.75) is 31.8 Å². The van der Waals surface area contributed by atoms with E-state index in [0.29, 0.717) is 31.3 Å². The fourth-order valence-corrected chi connectivity index (χ4v) is 1.71. The lowest BCUT2D eigenvalue weighted by Gasteiger charge is -2.18. The van der Waals surface area contributed by atoms with Crippen LogP contribution in [0.5, 0.6) is 0 Å². The lowest BCUT2D eigenvalue weighted by molar-refractivity contribution is 0.0685. The molecule has 0 aromatic carbocycles. The summed E-state index contributed by atoms with van der Waals surface area (Å²) in [6.45, 7) is 1.21. The molecule has 90 valence electrons. The summed E-state index contributed by atoms with van der Waals surface area (Å²) in [5.74, 6) is -0.553. The minimum absolute atomic E-state index is 0.0731. The number of nitrogens with zero attached hydrogens (tertiary/aromatic N) is 3. The van der Waals surface area contributed by atoms with E-state index < -0.39 is 5.97 Å². The van der Waals surface area contributed by atoms with Crippen LogP contribution in [-0.2, 0) is 6.54 Å². The highest BCUT2D eigenvalue weighted by Crippen LogP contribution is 2.28. The Morgan fingerprint density at radius 1 is 1.71 bits per heavy atom. The Bertz CT molecular complexity index is 445. The second-order valence-corrected chi connectivity index (χ2v) is 4.09. The normalized spacial score (nSPS) is 14.8. The largest absolute Gasteiger partial charge is 0.476 e. The van der Waals surface area contributed by atoms with Crippen LogP contribution in [0.25, 0.3) is 0 Å². The molecule has 1 aromatic rings. The Morgan fingerprint density at radius 3 is 3.00 bits per heavy atom. The van der Waals surface area contributed by atoms with E-state index in [1.165, 1.54) is 6.07 Å². The van der Waals surface area contributed by atoms with Crippen molar-refractivity contribution in [1.82, 2.24) is 10.1 Å². The van der Waals surface area contributed by atoms with E-state index in [1.807, 2.05) is 0 Å². The van der Waals surface area contributed by atoms with E-state index in [-0.39, 0.29) is 5.69 Å². The maximum absolute atomic E-state index is 10.6. The smallest absolute Gasteiger partial charge is 0.358 e. The van der Waals surface area contributed by atoms with Crippen molar-refractivity contribution in [2.24, 2.45) is 0 Å². The molecule has 1 heterocycles. The average Bonchev–Trinajstić information content (AvgIpc) is 3.04. The molecular formula is C11H13N3O3. The number of hydrogen-bond donors (Lipinski definition) is 1. The molecule has 0 unspecified atom stereocenters. The zero-order valence-electron chi connectivity index (χ0n) is 9.30. The van der Waals surface area contributed by atoms with Crippen molar-refractivity contribution in [1.29, 1.82) is 5.26 Å². The van der Waals surface area contributed by atoms with Crippen molar-refractivity contribution in [2.75, 3.05) is 6.54 Å². The molecular weight excluding hydrogens is 222 g/mol. The molecule has 6 heteroatoms. The summed E-state index contributed by atoms with van der Waals surface area (Å²) in [6.07, 6.45) is 2.73. The molecule has 17 heavy (non-hydrogen) atoms. The molecule has 0 bridgehead atoms. The molecule has 6 nitrogen and oxygen atoms in total. The minimum Gasteiger partial charge on any atom is -0.476 e. The van der Waals surface area contributed by atoms with Crippen LogP contribution in [0, 0.1) is 11.3 Å². The summed E-state index contributed by atoms with van der Waals surface area (Å²) in [7, 11) is 0. The van der Waals surface area contributed by atoms with Gasteiger partial charge in [-0.15, -0.1) is 0 Å². The molecule has 0 atom stereocenters. The monoisotopic (exact) mass is 235 g/mol. The van der Waals surface area contributed by atoms with E-state index in [1.54, 1.807) is 0 Å². The van der Waals surface area contributed by atoms with Gasteiger partial charge in [-0.3, -0.25) is 4.90 Å². The molecule has 0 radical (unpaired) electrons. The summed E-state index contributed by atoms with van der Waals surface area (Å²) in [4.78, 5) is 12.8. The summed E-state index contributed by atoms with van der Waals surface area (Å²) in [6, 6.07) is 4.04. The topological polar surface area (TPSA) is 90.4 Å². The van der Waals surface area contributed by atoms with E-state index in [2.05, 4.69) is 16.1 Å². The predicted octanol–water partition coefficient (Wildman–Crippen LogP) is 1.25. The number of aromatic nitrogens is 1. The van der Waals surface area contributed by atoms with Gasteiger partial charge >= 0.3 is 5.97 Å². The van der Waals surface area contributed by atoms with Crippen LogP contribution in [0.15, 0.2) is 10.6 Å². The maximum Gasteiger partial charge on any atom is 0.358 e. The Hall–Kier alpha value is -1.87. The van der Waals surface area contributed by atoms with Crippen LogP contribution in [0.3, 0.4) is 0 Å². The fraction of sp³-hybridized carbons (Fsp3) is 0.545. The second kappa shape index (κ2) is 4.97. The van der Waals surface area contributed by atoms with E-state index >= 15 is 0 Å². The third kappa shape index (κ3) is 3.04. The number of nitriles is 1. The van der Waals surface area contributed by atoms with Crippen molar-refractivity contribution in [3.63, 3.8) is 0 Å². The Kier molecular flexibility index (Phi) is 3.40. The van der Waals surface area contributed by atoms with Gasteiger partial charge < -0.3 is 9.63 Å².